The standard InChI is InChI=1S/C3H2ClFN2O2S/c4-10(8,9)2-1-6-7-3(2)5/h1H,(H,6,7). The molecule has 0 atom stereocenters. The van der Waals surface area contributed by atoms with Gasteiger partial charge in [-0.25, -0.2) is 8.42 Å². The highest BCUT2D eigenvalue weighted by Crippen LogP contribution is 2.14. The summed E-state index contributed by atoms with van der Waals surface area (Å²) in [6.45, 7) is 0. The van der Waals surface area contributed by atoms with Crippen molar-refractivity contribution in [2.45, 2.75) is 4.90 Å². The molecule has 1 N–H and O–H groups in total. The Bertz CT molecular complexity index is 332. The molecule has 0 bridgehead atoms. The Kier molecular flexibility index (Phi) is 1.65. The van der Waals surface area contributed by atoms with Gasteiger partial charge in [-0.05, 0) is 0 Å². The summed E-state index contributed by atoms with van der Waals surface area (Å²) in [6.07, 6.45) is 0.803. The van der Waals surface area contributed by atoms with E-state index in [9.17, 15) is 12.8 Å². The third kappa shape index (κ3) is 1.27. The maximum absolute atomic E-state index is 12.3. The van der Waals surface area contributed by atoms with Crippen LogP contribution in [0.1, 0.15) is 0 Å². The van der Waals surface area contributed by atoms with Crippen LogP contribution in [0.25, 0.3) is 0 Å². The van der Waals surface area contributed by atoms with Crippen molar-refractivity contribution in [3.63, 3.8) is 0 Å². The maximum Gasteiger partial charge on any atom is 0.267 e. The Hall–Kier alpha value is -0.620. The molecule has 0 aliphatic heterocycles. The second-order valence-corrected chi connectivity index (χ2v) is 4.02. The third-order valence-electron chi connectivity index (χ3n) is 0.824. The summed E-state index contributed by atoms with van der Waals surface area (Å²) >= 11 is 0. The van der Waals surface area contributed by atoms with E-state index in [0.29, 0.717) is 0 Å². The highest BCUT2D eigenvalue weighted by atomic mass is 35.7. The SMILES string of the molecule is O=S(=O)(Cl)c1cn[nH]c1F. The number of hydrogen-bond acceptors (Lipinski definition) is 3. The Balaban J connectivity index is 3.32. The monoisotopic (exact) mass is 184 g/mol. The van der Waals surface area contributed by atoms with E-state index in [1.54, 1.807) is 5.10 Å². The lowest BCUT2D eigenvalue weighted by molar-refractivity contribution is 0.547. The van der Waals surface area contributed by atoms with E-state index in [0.717, 1.165) is 6.20 Å². The van der Waals surface area contributed by atoms with Crippen molar-refractivity contribution in [2.24, 2.45) is 0 Å². The minimum Gasteiger partial charge on any atom is -0.252 e. The molecule has 1 heterocycles. The van der Waals surface area contributed by atoms with Crippen molar-refractivity contribution in [3.8, 4) is 0 Å². The van der Waals surface area contributed by atoms with Crippen LogP contribution in [-0.2, 0) is 9.05 Å². The van der Waals surface area contributed by atoms with Gasteiger partial charge in [0.2, 0.25) is 5.95 Å². The molecular weight excluding hydrogens is 183 g/mol. The molecule has 1 rings (SSSR count). The van der Waals surface area contributed by atoms with E-state index in [-0.39, 0.29) is 0 Å². The van der Waals surface area contributed by atoms with Crippen molar-refractivity contribution >= 4 is 19.7 Å². The lowest BCUT2D eigenvalue weighted by Gasteiger charge is -1.85. The maximum atomic E-state index is 12.3. The fourth-order valence-electron chi connectivity index (χ4n) is 0.429. The number of aromatic amines is 1. The molecule has 0 amide bonds. The lowest BCUT2D eigenvalue weighted by atomic mass is 10.7. The predicted molar refractivity (Wildman–Crippen MR) is 31.6 cm³/mol. The molecule has 0 saturated carbocycles. The molecule has 0 saturated heterocycles. The molecule has 7 heteroatoms. The van der Waals surface area contributed by atoms with Crippen LogP contribution in [0, 0.1) is 5.95 Å². The molecule has 1 aromatic heterocycles. The van der Waals surface area contributed by atoms with Gasteiger partial charge >= 0.3 is 0 Å². The van der Waals surface area contributed by atoms with Gasteiger partial charge in [0.25, 0.3) is 9.05 Å². The summed E-state index contributed by atoms with van der Waals surface area (Å²) in [5.74, 6) is -1.05. The number of halogens is 2. The zero-order valence-corrected chi connectivity index (χ0v) is 6.08. The number of rotatable bonds is 1. The van der Waals surface area contributed by atoms with Crippen LogP contribution in [0.15, 0.2) is 11.1 Å². The first-order valence-corrected chi connectivity index (χ1v) is 4.46. The molecule has 1 aromatic rings. The summed E-state index contributed by atoms with van der Waals surface area (Å²) in [4.78, 5) is -0.630. The molecule has 0 aromatic carbocycles. The summed E-state index contributed by atoms with van der Waals surface area (Å²) in [7, 11) is 0.791. The number of H-pyrrole nitrogens is 1. The van der Waals surface area contributed by atoms with E-state index in [1.165, 1.54) is 0 Å². The van der Waals surface area contributed by atoms with Crippen molar-refractivity contribution in [3.05, 3.63) is 12.1 Å². The van der Waals surface area contributed by atoms with Crippen LogP contribution >= 0.6 is 10.7 Å². The quantitative estimate of drug-likeness (QED) is 0.646. The summed E-state index contributed by atoms with van der Waals surface area (Å²) < 4.78 is 33.0. The average Bonchev–Trinajstić information content (AvgIpc) is 2.11. The minimum absolute atomic E-state index is 0.630. The highest BCUT2D eigenvalue weighted by molar-refractivity contribution is 8.13. The molecule has 4 nitrogen and oxygen atoms in total. The lowest BCUT2D eigenvalue weighted by Crippen LogP contribution is -1.90. The van der Waals surface area contributed by atoms with E-state index in [4.69, 9.17) is 10.7 Å². The summed E-state index contributed by atoms with van der Waals surface area (Å²) in [6, 6.07) is 0. The van der Waals surface area contributed by atoms with E-state index < -0.39 is 19.9 Å². The second-order valence-electron chi connectivity index (χ2n) is 1.49. The first-order valence-electron chi connectivity index (χ1n) is 2.15. The van der Waals surface area contributed by atoms with Gasteiger partial charge in [-0.15, -0.1) is 0 Å². The second kappa shape index (κ2) is 2.21. The first-order chi connectivity index (χ1) is 4.52. The van der Waals surface area contributed by atoms with Crippen molar-refractivity contribution in [1.29, 1.82) is 0 Å². The highest BCUT2D eigenvalue weighted by Gasteiger charge is 2.17. The molecule has 56 valence electrons. The molecule has 10 heavy (non-hydrogen) atoms. The van der Waals surface area contributed by atoms with Crippen molar-refractivity contribution < 1.29 is 12.8 Å². The molecule has 0 fully saturated rings. The molecule has 0 aliphatic rings. The van der Waals surface area contributed by atoms with Crippen LogP contribution in [0.3, 0.4) is 0 Å². The van der Waals surface area contributed by atoms with E-state index >= 15 is 0 Å². The van der Waals surface area contributed by atoms with Gasteiger partial charge in [0.15, 0.2) is 4.90 Å². The van der Waals surface area contributed by atoms with Crippen LogP contribution in [-0.4, -0.2) is 18.6 Å². The van der Waals surface area contributed by atoms with Gasteiger partial charge in [-0.1, -0.05) is 0 Å². The Labute approximate surface area is 60.4 Å². The summed E-state index contributed by atoms with van der Waals surface area (Å²) in [5.41, 5.74) is 0. The Morgan fingerprint density at radius 2 is 2.30 bits per heavy atom. The number of aromatic nitrogens is 2. The molecule has 0 aliphatic carbocycles. The molecule has 0 unspecified atom stereocenters. The summed E-state index contributed by atoms with van der Waals surface area (Å²) in [5, 5.41) is 4.92. The molecule has 0 spiro atoms. The van der Waals surface area contributed by atoms with E-state index in [1.807, 2.05) is 0 Å². The van der Waals surface area contributed by atoms with Crippen LogP contribution in [0.4, 0.5) is 4.39 Å². The van der Waals surface area contributed by atoms with Gasteiger partial charge in [0, 0.05) is 10.7 Å². The third-order valence-corrected chi connectivity index (χ3v) is 2.13. The smallest absolute Gasteiger partial charge is 0.252 e. The van der Waals surface area contributed by atoms with E-state index in [2.05, 4.69) is 5.10 Å². The predicted octanol–water partition coefficient (Wildman–Crippen LogP) is 0.476. The first kappa shape index (κ1) is 7.49. The van der Waals surface area contributed by atoms with Gasteiger partial charge in [0.05, 0.1) is 6.20 Å². The van der Waals surface area contributed by atoms with Gasteiger partial charge in [-0.3, -0.25) is 5.10 Å². The molecular formula is C3H2ClFN2O2S. The minimum atomic E-state index is -3.99. The van der Waals surface area contributed by atoms with Gasteiger partial charge < -0.3 is 0 Å². The number of nitrogens with zero attached hydrogens (tertiary/aromatic N) is 1. The zero-order chi connectivity index (χ0) is 7.78. The van der Waals surface area contributed by atoms with Crippen molar-refractivity contribution in [1.82, 2.24) is 10.2 Å². The topological polar surface area (TPSA) is 62.8 Å². The van der Waals surface area contributed by atoms with Gasteiger partial charge in [0.1, 0.15) is 0 Å². The van der Waals surface area contributed by atoms with Crippen LogP contribution in [0.5, 0.6) is 0 Å². The zero-order valence-electron chi connectivity index (χ0n) is 4.51. The normalized spacial score (nSPS) is 11.8. The van der Waals surface area contributed by atoms with Crippen molar-refractivity contribution in [2.75, 3.05) is 0 Å². The average molecular weight is 185 g/mol. The number of hydrogen-bond donors (Lipinski definition) is 1. The fraction of sp³-hybridized carbons (Fsp3) is 0. The van der Waals surface area contributed by atoms with Crippen LogP contribution < -0.4 is 0 Å². The largest absolute Gasteiger partial charge is 0.267 e. The Morgan fingerprint density at radius 1 is 1.70 bits per heavy atom. The van der Waals surface area contributed by atoms with Gasteiger partial charge in [-0.2, -0.15) is 9.49 Å². The fourth-order valence-corrected chi connectivity index (χ4v) is 1.19. The van der Waals surface area contributed by atoms with Crippen LogP contribution in [0.2, 0.25) is 0 Å². The number of nitrogens with one attached hydrogen (secondary N) is 1. The Morgan fingerprint density at radius 3 is 2.50 bits per heavy atom. The molecule has 0 radical (unpaired) electrons.